The molecule has 2 rings (SSSR count). The summed E-state index contributed by atoms with van der Waals surface area (Å²) < 4.78 is 0. The Morgan fingerprint density at radius 1 is 1.47 bits per heavy atom. The lowest BCUT2D eigenvalue weighted by Gasteiger charge is -2.24. The molecule has 1 aliphatic rings. The quantitative estimate of drug-likeness (QED) is 0.777. The first kappa shape index (κ1) is 10.4. The van der Waals surface area contributed by atoms with Crippen molar-refractivity contribution >= 4 is 5.82 Å². The molecule has 0 amide bonds. The van der Waals surface area contributed by atoms with Gasteiger partial charge in [-0.25, -0.2) is 4.98 Å². The van der Waals surface area contributed by atoms with Gasteiger partial charge in [-0.1, -0.05) is 6.42 Å². The number of aromatic nitrogens is 1. The van der Waals surface area contributed by atoms with Crippen LogP contribution in [0.3, 0.4) is 0 Å². The Labute approximate surface area is 91.3 Å². The van der Waals surface area contributed by atoms with Gasteiger partial charge in [0.25, 0.3) is 0 Å². The average Bonchev–Trinajstić information content (AvgIpc) is 2.30. The van der Waals surface area contributed by atoms with Crippen molar-refractivity contribution in [3.63, 3.8) is 0 Å². The molecular formula is C12H19N3. The Balaban J connectivity index is 2.17. The summed E-state index contributed by atoms with van der Waals surface area (Å²) in [5.41, 5.74) is 2.55. The van der Waals surface area contributed by atoms with Gasteiger partial charge in [0, 0.05) is 19.3 Å². The molecule has 15 heavy (non-hydrogen) atoms. The van der Waals surface area contributed by atoms with Crippen LogP contribution in [0.25, 0.3) is 0 Å². The van der Waals surface area contributed by atoms with Crippen molar-refractivity contribution in [2.75, 3.05) is 18.9 Å². The van der Waals surface area contributed by atoms with Gasteiger partial charge < -0.3 is 10.6 Å². The van der Waals surface area contributed by atoms with Crippen LogP contribution in [0, 0.1) is 6.92 Å². The fourth-order valence-electron chi connectivity index (χ4n) is 2.19. The second kappa shape index (κ2) is 4.62. The van der Waals surface area contributed by atoms with Crippen molar-refractivity contribution < 1.29 is 0 Å². The number of aryl methyl sites for hydroxylation is 1. The zero-order valence-electron chi connectivity index (χ0n) is 9.51. The molecule has 82 valence electrons. The molecule has 0 radical (unpaired) electrons. The number of nitrogens with zero attached hydrogens (tertiary/aromatic N) is 1. The fraction of sp³-hybridized carbons (Fsp3) is 0.583. The van der Waals surface area contributed by atoms with Crippen molar-refractivity contribution in [3.05, 3.63) is 23.4 Å². The SMILES string of the molecule is CNc1ncc([C@@H]2CCCCN2)cc1C. The summed E-state index contributed by atoms with van der Waals surface area (Å²) in [5, 5.41) is 6.63. The van der Waals surface area contributed by atoms with Crippen LogP contribution in [0.4, 0.5) is 5.82 Å². The zero-order valence-corrected chi connectivity index (χ0v) is 9.51. The van der Waals surface area contributed by atoms with Gasteiger partial charge in [-0.2, -0.15) is 0 Å². The van der Waals surface area contributed by atoms with Crippen LogP contribution in [0.1, 0.15) is 36.4 Å². The fourth-order valence-corrected chi connectivity index (χ4v) is 2.19. The van der Waals surface area contributed by atoms with Gasteiger partial charge in [0.15, 0.2) is 0 Å². The van der Waals surface area contributed by atoms with Crippen LogP contribution in [0.2, 0.25) is 0 Å². The van der Waals surface area contributed by atoms with E-state index in [1.54, 1.807) is 0 Å². The molecule has 0 aliphatic carbocycles. The molecule has 1 saturated heterocycles. The summed E-state index contributed by atoms with van der Waals surface area (Å²) in [7, 11) is 1.91. The minimum Gasteiger partial charge on any atom is -0.373 e. The average molecular weight is 205 g/mol. The molecule has 0 unspecified atom stereocenters. The lowest BCUT2D eigenvalue weighted by molar-refractivity contribution is 0.411. The van der Waals surface area contributed by atoms with E-state index in [4.69, 9.17) is 0 Å². The maximum absolute atomic E-state index is 4.42. The Morgan fingerprint density at radius 3 is 2.93 bits per heavy atom. The van der Waals surface area contributed by atoms with E-state index < -0.39 is 0 Å². The van der Waals surface area contributed by atoms with Crippen molar-refractivity contribution in [3.8, 4) is 0 Å². The maximum Gasteiger partial charge on any atom is 0.128 e. The Hall–Kier alpha value is -1.09. The van der Waals surface area contributed by atoms with Crippen molar-refractivity contribution in [2.24, 2.45) is 0 Å². The summed E-state index contributed by atoms with van der Waals surface area (Å²) >= 11 is 0. The first-order chi connectivity index (χ1) is 7.31. The summed E-state index contributed by atoms with van der Waals surface area (Å²) in [4.78, 5) is 4.42. The van der Waals surface area contributed by atoms with Gasteiger partial charge in [-0.3, -0.25) is 0 Å². The molecule has 2 heterocycles. The van der Waals surface area contributed by atoms with E-state index in [1.807, 2.05) is 13.2 Å². The van der Waals surface area contributed by atoms with Crippen molar-refractivity contribution in [2.45, 2.75) is 32.2 Å². The van der Waals surface area contributed by atoms with Crippen LogP contribution in [-0.2, 0) is 0 Å². The zero-order chi connectivity index (χ0) is 10.7. The van der Waals surface area contributed by atoms with E-state index in [2.05, 4.69) is 28.6 Å². The number of anilines is 1. The highest BCUT2D eigenvalue weighted by Gasteiger charge is 2.15. The van der Waals surface area contributed by atoms with E-state index in [9.17, 15) is 0 Å². The van der Waals surface area contributed by atoms with E-state index in [0.29, 0.717) is 6.04 Å². The van der Waals surface area contributed by atoms with Crippen molar-refractivity contribution in [1.82, 2.24) is 10.3 Å². The van der Waals surface area contributed by atoms with Gasteiger partial charge >= 0.3 is 0 Å². The predicted molar refractivity (Wildman–Crippen MR) is 63.1 cm³/mol. The number of rotatable bonds is 2. The van der Waals surface area contributed by atoms with Crippen molar-refractivity contribution in [1.29, 1.82) is 0 Å². The molecule has 1 fully saturated rings. The molecule has 1 atom stereocenters. The van der Waals surface area contributed by atoms with Gasteiger partial charge in [0.1, 0.15) is 5.82 Å². The van der Waals surface area contributed by atoms with Crippen LogP contribution in [0.5, 0.6) is 0 Å². The molecule has 1 aromatic heterocycles. The summed E-state index contributed by atoms with van der Waals surface area (Å²) in [6, 6.07) is 2.75. The Kier molecular flexibility index (Phi) is 3.21. The van der Waals surface area contributed by atoms with Crippen LogP contribution in [-0.4, -0.2) is 18.6 Å². The minimum atomic E-state index is 0.510. The van der Waals surface area contributed by atoms with Crippen LogP contribution < -0.4 is 10.6 Å². The monoisotopic (exact) mass is 205 g/mol. The number of hydrogen-bond acceptors (Lipinski definition) is 3. The Bertz CT molecular complexity index is 330. The summed E-state index contributed by atoms with van der Waals surface area (Å²) in [6.07, 6.45) is 5.85. The number of nitrogens with one attached hydrogen (secondary N) is 2. The second-order valence-electron chi connectivity index (χ2n) is 4.19. The van der Waals surface area contributed by atoms with Crippen LogP contribution in [0.15, 0.2) is 12.3 Å². The third-order valence-corrected chi connectivity index (χ3v) is 3.05. The highest BCUT2D eigenvalue weighted by atomic mass is 15.0. The highest BCUT2D eigenvalue weighted by molar-refractivity contribution is 5.44. The highest BCUT2D eigenvalue weighted by Crippen LogP contribution is 2.24. The predicted octanol–water partition coefficient (Wildman–Crippen LogP) is 2.25. The van der Waals surface area contributed by atoms with E-state index >= 15 is 0 Å². The molecule has 1 aliphatic heterocycles. The maximum atomic E-state index is 4.42. The molecule has 2 N–H and O–H groups in total. The molecule has 0 spiro atoms. The summed E-state index contributed by atoms with van der Waals surface area (Å²) in [5.74, 6) is 0.981. The molecular weight excluding hydrogens is 186 g/mol. The normalized spacial score (nSPS) is 21.3. The van der Waals surface area contributed by atoms with Gasteiger partial charge in [0.05, 0.1) is 0 Å². The lowest BCUT2D eigenvalue weighted by Crippen LogP contribution is -2.26. The molecule has 0 bridgehead atoms. The first-order valence-corrected chi connectivity index (χ1v) is 5.69. The molecule has 1 aromatic rings. The van der Waals surface area contributed by atoms with E-state index in [0.717, 1.165) is 12.4 Å². The summed E-state index contributed by atoms with van der Waals surface area (Å²) in [6.45, 7) is 3.24. The molecule has 0 aromatic carbocycles. The van der Waals surface area contributed by atoms with E-state index in [1.165, 1.54) is 30.4 Å². The van der Waals surface area contributed by atoms with E-state index in [-0.39, 0.29) is 0 Å². The minimum absolute atomic E-state index is 0.510. The number of hydrogen-bond donors (Lipinski definition) is 2. The number of pyridine rings is 1. The Morgan fingerprint density at radius 2 is 2.33 bits per heavy atom. The topological polar surface area (TPSA) is 37.0 Å². The molecule has 3 nitrogen and oxygen atoms in total. The third-order valence-electron chi connectivity index (χ3n) is 3.05. The van der Waals surface area contributed by atoms with Gasteiger partial charge in [-0.05, 0) is 43.5 Å². The first-order valence-electron chi connectivity index (χ1n) is 5.69. The smallest absolute Gasteiger partial charge is 0.128 e. The molecule has 0 saturated carbocycles. The van der Waals surface area contributed by atoms with Gasteiger partial charge in [0.2, 0.25) is 0 Å². The van der Waals surface area contributed by atoms with Crippen LogP contribution >= 0.6 is 0 Å². The molecule has 3 heteroatoms. The second-order valence-corrected chi connectivity index (χ2v) is 4.19. The largest absolute Gasteiger partial charge is 0.373 e. The third kappa shape index (κ3) is 2.29. The lowest BCUT2D eigenvalue weighted by atomic mass is 9.98. The number of piperidine rings is 1. The standard InChI is InChI=1S/C12H19N3/c1-9-7-10(8-15-12(9)13-2)11-5-3-4-6-14-11/h7-8,11,14H,3-6H2,1-2H3,(H,13,15)/t11-/m0/s1. The van der Waals surface area contributed by atoms with Gasteiger partial charge in [-0.15, -0.1) is 0 Å².